The molecule has 0 aromatic carbocycles. The van der Waals surface area contributed by atoms with Crippen LogP contribution in [0.5, 0.6) is 0 Å². The van der Waals surface area contributed by atoms with Gasteiger partial charge >= 0.3 is 0 Å². The molecular weight excluding hydrogens is 248 g/mol. The van der Waals surface area contributed by atoms with Crippen molar-refractivity contribution in [3.8, 4) is 0 Å². The van der Waals surface area contributed by atoms with Crippen LogP contribution in [0.4, 0.5) is 0 Å². The second-order valence-electron chi connectivity index (χ2n) is 3.23. The molecule has 0 radical (unpaired) electrons. The maximum Gasteiger partial charge on any atom is 0.244 e. The number of hydrogen-bond donors (Lipinski definition) is 0. The minimum Gasteiger partial charge on any atom is -0.263 e. The predicted octanol–water partition coefficient (Wildman–Crippen LogP) is 1.72. The third-order valence-corrected chi connectivity index (χ3v) is 4.39. The summed E-state index contributed by atoms with van der Waals surface area (Å²) in [6, 6.07) is 3.16. The molecule has 0 saturated carbocycles. The molecule has 0 N–H and O–H groups in total. The molecule has 1 rings (SSSR count). The average molecular weight is 263 g/mol. The smallest absolute Gasteiger partial charge is 0.244 e. The van der Waals surface area contributed by atoms with Crippen LogP contribution in [0.25, 0.3) is 0 Å². The molecule has 0 saturated heterocycles. The molecule has 1 aromatic rings. The number of halogens is 1. The Hall–Kier alpha value is -0.650. The summed E-state index contributed by atoms with van der Waals surface area (Å²) in [6.07, 6.45) is 3.56. The van der Waals surface area contributed by atoms with Gasteiger partial charge in [0.25, 0.3) is 0 Å². The summed E-state index contributed by atoms with van der Waals surface area (Å²) < 4.78 is 25.6. The van der Waals surface area contributed by atoms with E-state index in [0.29, 0.717) is 25.4 Å². The molecule has 0 aliphatic heterocycles. The van der Waals surface area contributed by atoms with Crippen molar-refractivity contribution < 1.29 is 8.42 Å². The van der Waals surface area contributed by atoms with Gasteiger partial charge in [0.1, 0.15) is 4.90 Å². The van der Waals surface area contributed by atoms with Crippen molar-refractivity contribution >= 4 is 21.6 Å². The third-order valence-electron chi connectivity index (χ3n) is 2.17. The number of alkyl halides is 1. The second-order valence-corrected chi connectivity index (χ2v) is 5.54. The molecular formula is C10H15ClN2O2S. The first-order valence-electron chi connectivity index (χ1n) is 5.09. The van der Waals surface area contributed by atoms with Gasteiger partial charge in [-0.3, -0.25) is 4.98 Å². The molecule has 1 heterocycles. The van der Waals surface area contributed by atoms with Crippen LogP contribution in [0, 0.1) is 0 Å². The Balaban J connectivity index is 2.91. The van der Waals surface area contributed by atoms with E-state index in [1.165, 1.54) is 10.5 Å². The molecule has 1 aromatic heterocycles. The van der Waals surface area contributed by atoms with Gasteiger partial charge in [-0.15, -0.1) is 11.6 Å². The van der Waals surface area contributed by atoms with Crippen LogP contribution in [0.15, 0.2) is 29.4 Å². The van der Waals surface area contributed by atoms with Crippen molar-refractivity contribution in [3.63, 3.8) is 0 Å². The minimum absolute atomic E-state index is 0.228. The normalized spacial score (nSPS) is 11.9. The third kappa shape index (κ3) is 3.17. The van der Waals surface area contributed by atoms with E-state index < -0.39 is 10.0 Å². The van der Waals surface area contributed by atoms with Gasteiger partial charge in [0.05, 0.1) is 0 Å². The first kappa shape index (κ1) is 13.4. The largest absolute Gasteiger partial charge is 0.263 e. The van der Waals surface area contributed by atoms with Crippen LogP contribution < -0.4 is 0 Å². The van der Waals surface area contributed by atoms with Crippen molar-refractivity contribution in [2.75, 3.05) is 19.0 Å². The fraction of sp³-hybridized carbons (Fsp3) is 0.500. The van der Waals surface area contributed by atoms with E-state index in [-0.39, 0.29) is 4.90 Å². The highest BCUT2D eigenvalue weighted by Gasteiger charge is 2.22. The van der Waals surface area contributed by atoms with Gasteiger partial charge in [-0.05, 0) is 18.6 Å². The van der Waals surface area contributed by atoms with E-state index >= 15 is 0 Å². The highest BCUT2D eigenvalue weighted by atomic mass is 35.5. The van der Waals surface area contributed by atoms with Gasteiger partial charge in [0.2, 0.25) is 10.0 Å². The fourth-order valence-corrected chi connectivity index (χ4v) is 2.90. The van der Waals surface area contributed by atoms with Crippen molar-refractivity contribution in [3.05, 3.63) is 24.5 Å². The van der Waals surface area contributed by atoms with Crippen LogP contribution >= 0.6 is 11.6 Å². The molecule has 16 heavy (non-hydrogen) atoms. The van der Waals surface area contributed by atoms with Crippen LogP contribution in [0.3, 0.4) is 0 Å². The molecule has 0 atom stereocenters. The number of rotatable bonds is 6. The SMILES string of the molecule is CCN(CCCCl)S(=O)(=O)c1cccnc1. The van der Waals surface area contributed by atoms with Gasteiger partial charge in [0, 0.05) is 31.4 Å². The van der Waals surface area contributed by atoms with Crippen molar-refractivity contribution in [2.24, 2.45) is 0 Å². The first-order valence-corrected chi connectivity index (χ1v) is 7.06. The molecule has 0 unspecified atom stereocenters. The molecule has 4 nitrogen and oxygen atoms in total. The zero-order valence-electron chi connectivity index (χ0n) is 9.13. The first-order chi connectivity index (χ1) is 7.62. The van der Waals surface area contributed by atoms with Crippen LogP contribution in [0.1, 0.15) is 13.3 Å². The van der Waals surface area contributed by atoms with E-state index in [4.69, 9.17) is 11.6 Å². The fourth-order valence-electron chi connectivity index (χ4n) is 1.33. The Labute approximate surface area is 101 Å². The monoisotopic (exact) mass is 262 g/mol. The Bertz CT molecular complexity index is 408. The average Bonchev–Trinajstić information content (AvgIpc) is 2.31. The van der Waals surface area contributed by atoms with Crippen LogP contribution in [-0.4, -0.2) is 36.7 Å². The maximum atomic E-state index is 12.1. The molecule has 0 bridgehead atoms. The zero-order chi connectivity index (χ0) is 12.0. The zero-order valence-corrected chi connectivity index (χ0v) is 10.7. The van der Waals surface area contributed by atoms with E-state index in [2.05, 4.69) is 4.98 Å². The Morgan fingerprint density at radius 2 is 2.25 bits per heavy atom. The minimum atomic E-state index is -3.41. The van der Waals surface area contributed by atoms with Gasteiger partial charge in [-0.25, -0.2) is 8.42 Å². The number of hydrogen-bond acceptors (Lipinski definition) is 3. The van der Waals surface area contributed by atoms with Crippen LogP contribution in [-0.2, 0) is 10.0 Å². The second kappa shape index (κ2) is 6.18. The molecule has 6 heteroatoms. The summed E-state index contributed by atoms with van der Waals surface area (Å²) in [4.78, 5) is 4.04. The van der Waals surface area contributed by atoms with Gasteiger partial charge < -0.3 is 0 Å². The van der Waals surface area contributed by atoms with E-state index in [1.54, 1.807) is 18.3 Å². The van der Waals surface area contributed by atoms with Crippen LogP contribution in [0.2, 0.25) is 0 Å². The van der Waals surface area contributed by atoms with E-state index in [1.807, 2.05) is 6.92 Å². The number of aromatic nitrogens is 1. The lowest BCUT2D eigenvalue weighted by atomic mass is 10.5. The molecule has 0 aliphatic rings. The summed E-state index contributed by atoms with van der Waals surface area (Å²) >= 11 is 5.56. The van der Waals surface area contributed by atoms with Gasteiger partial charge in [0.15, 0.2) is 0 Å². The lowest BCUT2D eigenvalue weighted by molar-refractivity contribution is 0.427. The standard InChI is InChI=1S/C10H15ClN2O2S/c1-2-13(8-4-6-11)16(14,15)10-5-3-7-12-9-10/h3,5,7,9H,2,4,6,8H2,1H3. The summed E-state index contributed by atoms with van der Waals surface area (Å²) in [5.74, 6) is 0.457. The van der Waals surface area contributed by atoms with Gasteiger partial charge in [-0.1, -0.05) is 6.92 Å². The Morgan fingerprint density at radius 1 is 1.50 bits per heavy atom. The molecule has 0 amide bonds. The van der Waals surface area contributed by atoms with Crippen molar-refractivity contribution in [1.29, 1.82) is 0 Å². The van der Waals surface area contributed by atoms with Crippen molar-refractivity contribution in [1.82, 2.24) is 9.29 Å². The quantitative estimate of drug-likeness (QED) is 0.734. The molecule has 90 valence electrons. The summed E-state index contributed by atoms with van der Waals surface area (Å²) in [7, 11) is -3.41. The molecule has 0 spiro atoms. The number of nitrogens with zero attached hydrogens (tertiary/aromatic N) is 2. The molecule has 0 fully saturated rings. The summed E-state index contributed by atoms with van der Waals surface area (Å²) in [6.45, 7) is 2.69. The Morgan fingerprint density at radius 3 is 2.75 bits per heavy atom. The number of sulfonamides is 1. The lowest BCUT2D eigenvalue weighted by Gasteiger charge is -2.19. The lowest BCUT2D eigenvalue weighted by Crippen LogP contribution is -2.32. The number of pyridine rings is 1. The van der Waals surface area contributed by atoms with E-state index in [9.17, 15) is 8.42 Å². The van der Waals surface area contributed by atoms with E-state index in [0.717, 1.165) is 0 Å². The summed E-state index contributed by atoms with van der Waals surface area (Å²) in [5.41, 5.74) is 0. The molecule has 0 aliphatic carbocycles. The highest BCUT2D eigenvalue weighted by Crippen LogP contribution is 2.14. The Kier molecular flexibility index (Phi) is 5.18. The highest BCUT2D eigenvalue weighted by molar-refractivity contribution is 7.89. The van der Waals surface area contributed by atoms with Gasteiger partial charge in [-0.2, -0.15) is 4.31 Å². The van der Waals surface area contributed by atoms with Crippen molar-refractivity contribution in [2.45, 2.75) is 18.2 Å². The topological polar surface area (TPSA) is 50.3 Å². The predicted molar refractivity (Wildman–Crippen MR) is 64.0 cm³/mol. The maximum absolute atomic E-state index is 12.1. The summed E-state index contributed by atoms with van der Waals surface area (Å²) in [5, 5.41) is 0.